The highest BCUT2D eigenvalue weighted by atomic mass is 32.1. The molecule has 2 aromatic heterocycles. The fourth-order valence-corrected chi connectivity index (χ4v) is 3.84. The molecule has 0 unspecified atom stereocenters. The van der Waals surface area contributed by atoms with Crippen LogP contribution in [-0.2, 0) is 0 Å². The van der Waals surface area contributed by atoms with Gasteiger partial charge in [0.2, 0.25) is 0 Å². The van der Waals surface area contributed by atoms with E-state index in [0.29, 0.717) is 22.1 Å². The topological polar surface area (TPSA) is 93.5 Å². The lowest BCUT2D eigenvalue weighted by Gasteiger charge is -2.10. The first kappa shape index (κ1) is 21.3. The van der Waals surface area contributed by atoms with Crippen molar-refractivity contribution in [3.05, 3.63) is 82.6 Å². The number of ether oxygens (including phenoxy) is 1. The van der Waals surface area contributed by atoms with Crippen molar-refractivity contribution in [2.45, 2.75) is 13.8 Å². The third-order valence-corrected chi connectivity index (χ3v) is 5.61. The minimum Gasteiger partial charge on any atom is -0.496 e. The third kappa shape index (κ3) is 4.55. The van der Waals surface area contributed by atoms with Gasteiger partial charge in [0.15, 0.2) is 10.9 Å². The lowest BCUT2D eigenvalue weighted by atomic mass is 10.1. The van der Waals surface area contributed by atoms with E-state index in [2.05, 4.69) is 15.6 Å². The van der Waals surface area contributed by atoms with Gasteiger partial charge in [-0.05, 0) is 55.8 Å². The Morgan fingerprint density at radius 2 is 1.88 bits per heavy atom. The molecule has 0 atom stereocenters. The van der Waals surface area contributed by atoms with Crippen LogP contribution in [0.5, 0.6) is 5.75 Å². The molecule has 2 amide bonds. The van der Waals surface area contributed by atoms with Crippen LogP contribution in [-0.4, -0.2) is 23.9 Å². The molecule has 2 aromatic carbocycles. The summed E-state index contributed by atoms with van der Waals surface area (Å²) in [5.74, 6) is 0.207. The van der Waals surface area contributed by atoms with Gasteiger partial charge in [0, 0.05) is 22.2 Å². The van der Waals surface area contributed by atoms with E-state index in [0.717, 1.165) is 22.4 Å². The van der Waals surface area contributed by atoms with Crippen LogP contribution in [0.3, 0.4) is 0 Å². The highest BCUT2D eigenvalue weighted by molar-refractivity contribution is 7.14. The Hall–Kier alpha value is -3.91. The minimum atomic E-state index is -0.382. The number of aryl methyl sites for hydroxylation is 2. The van der Waals surface area contributed by atoms with Gasteiger partial charge in [-0.1, -0.05) is 17.7 Å². The number of carbonyl (C=O) groups excluding carboxylic acids is 2. The van der Waals surface area contributed by atoms with Crippen LogP contribution in [0.15, 0.2) is 64.6 Å². The lowest BCUT2D eigenvalue weighted by molar-refractivity contribution is 0.0993. The second-order valence-electron chi connectivity index (χ2n) is 7.16. The van der Waals surface area contributed by atoms with Crippen LogP contribution in [0.1, 0.15) is 32.0 Å². The van der Waals surface area contributed by atoms with Gasteiger partial charge in [-0.2, -0.15) is 0 Å². The summed E-state index contributed by atoms with van der Waals surface area (Å²) in [7, 11) is 1.61. The summed E-state index contributed by atoms with van der Waals surface area (Å²) in [4.78, 5) is 29.6. The van der Waals surface area contributed by atoms with Gasteiger partial charge in [-0.15, -0.1) is 11.3 Å². The summed E-state index contributed by atoms with van der Waals surface area (Å²) in [6, 6.07) is 14.2. The second kappa shape index (κ2) is 9.07. The predicted octanol–water partition coefficient (Wildman–Crippen LogP) is 5.53. The van der Waals surface area contributed by atoms with Crippen molar-refractivity contribution in [1.29, 1.82) is 0 Å². The number of hydrogen-bond acceptors (Lipinski definition) is 6. The van der Waals surface area contributed by atoms with Gasteiger partial charge in [0.05, 0.1) is 19.1 Å². The van der Waals surface area contributed by atoms with E-state index >= 15 is 0 Å². The number of nitrogens with zero attached hydrogens (tertiary/aromatic N) is 1. The number of furan rings is 1. The summed E-state index contributed by atoms with van der Waals surface area (Å²) < 4.78 is 10.6. The molecule has 162 valence electrons. The third-order valence-electron chi connectivity index (χ3n) is 4.85. The van der Waals surface area contributed by atoms with Crippen molar-refractivity contribution in [2.75, 3.05) is 17.7 Å². The number of nitrogens with one attached hydrogen (secondary N) is 2. The highest BCUT2D eigenvalue weighted by Crippen LogP contribution is 2.33. The Bertz CT molecular complexity index is 1280. The predicted molar refractivity (Wildman–Crippen MR) is 125 cm³/mol. The number of aromatic nitrogens is 1. The Morgan fingerprint density at radius 1 is 1.03 bits per heavy atom. The van der Waals surface area contributed by atoms with Gasteiger partial charge in [-0.25, -0.2) is 4.98 Å². The molecule has 0 saturated carbocycles. The largest absolute Gasteiger partial charge is 0.496 e. The average Bonchev–Trinajstić information content (AvgIpc) is 3.47. The first-order valence-corrected chi connectivity index (χ1v) is 10.7. The highest BCUT2D eigenvalue weighted by Gasteiger charge is 2.15. The van der Waals surface area contributed by atoms with Gasteiger partial charge >= 0.3 is 0 Å². The molecule has 2 heterocycles. The first-order valence-electron chi connectivity index (χ1n) is 9.82. The Morgan fingerprint density at radius 3 is 2.62 bits per heavy atom. The van der Waals surface area contributed by atoms with E-state index < -0.39 is 0 Å². The second-order valence-corrected chi connectivity index (χ2v) is 8.01. The number of carbonyl (C=O) groups is 2. The molecule has 4 rings (SSSR count). The number of amides is 2. The van der Waals surface area contributed by atoms with Crippen LogP contribution in [0.4, 0.5) is 10.8 Å². The lowest BCUT2D eigenvalue weighted by Crippen LogP contribution is -2.15. The minimum absolute atomic E-state index is 0.196. The van der Waals surface area contributed by atoms with E-state index in [1.54, 1.807) is 37.4 Å². The Labute approximate surface area is 189 Å². The fraction of sp³-hybridized carbons (Fsp3) is 0.125. The number of thiazole rings is 1. The summed E-state index contributed by atoms with van der Waals surface area (Å²) in [6.07, 6.45) is 1.43. The van der Waals surface area contributed by atoms with Crippen molar-refractivity contribution in [1.82, 2.24) is 4.98 Å². The summed E-state index contributed by atoms with van der Waals surface area (Å²) >= 11 is 1.33. The van der Waals surface area contributed by atoms with Gasteiger partial charge < -0.3 is 14.5 Å². The van der Waals surface area contributed by atoms with E-state index in [1.807, 2.05) is 37.4 Å². The number of methoxy groups -OCH3 is 1. The molecule has 8 heteroatoms. The summed E-state index contributed by atoms with van der Waals surface area (Å²) in [6.45, 7) is 3.85. The Balaban J connectivity index is 1.51. The zero-order chi connectivity index (χ0) is 22.7. The molecule has 4 aromatic rings. The smallest absolute Gasteiger partial charge is 0.291 e. The maximum Gasteiger partial charge on any atom is 0.291 e. The summed E-state index contributed by atoms with van der Waals surface area (Å²) in [5, 5.41) is 7.94. The van der Waals surface area contributed by atoms with Crippen LogP contribution in [0.25, 0.3) is 11.3 Å². The van der Waals surface area contributed by atoms with Crippen molar-refractivity contribution in [3.8, 4) is 17.0 Å². The molecule has 0 aliphatic carbocycles. The van der Waals surface area contributed by atoms with Crippen molar-refractivity contribution in [2.24, 2.45) is 0 Å². The molecular formula is C24H21N3O4S. The fourth-order valence-electron chi connectivity index (χ4n) is 3.14. The quantitative estimate of drug-likeness (QED) is 0.405. The molecule has 7 nitrogen and oxygen atoms in total. The van der Waals surface area contributed by atoms with E-state index in [-0.39, 0.29) is 17.6 Å². The van der Waals surface area contributed by atoms with Crippen LogP contribution >= 0.6 is 11.3 Å². The van der Waals surface area contributed by atoms with Crippen molar-refractivity contribution >= 4 is 34.0 Å². The van der Waals surface area contributed by atoms with Crippen molar-refractivity contribution in [3.63, 3.8) is 0 Å². The first-order chi connectivity index (χ1) is 15.4. The monoisotopic (exact) mass is 447 g/mol. The molecule has 0 bridgehead atoms. The average molecular weight is 448 g/mol. The maximum atomic E-state index is 12.8. The molecule has 32 heavy (non-hydrogen) atoms. The van der Waals surface area contributed by atoms with Gasteiger partial charge in [0.25, 0.3) is 11.8 Å². The Kier molecular flexibility index (Phi) is 6.04. The number of anilines is 2. The van der Waals surface area contributed by atoms with Gasteiger partial charge in [-0.3, -0.25) is 14.9 Å². The molecular weight excluding hydrogens is 426 g/mol. The standard InChI is InChI=1S/C24H21N3O4S/c1-14-6-9-20(30-3)17(11-14)19-13-32-24(26-19)27-22(28)16-8-7-15(2)18(12-16)25-23(29)21-5-4-10-31-21/h4-13H,1-3H3,(H,25,29)(H,26,27,28). The van der Waals surface area contributed by atoms with Crippen molar-refractivity contribution < 1.29 is 18.7 Å². The molecule has 0 radical (unpaired) electrons. The SMILES string of the molecule is COc1ccc(C)cc1-c1csc(NC(=O)c2ccc(C)c(NC(=O)c3ccco3)c2)n1. The number of rotatable bonds is 6. The van der Waals surface area contributed by atoms with Crippen LogP contribution in [0.2, 0.25) is 0 Å². The van der Waals surface area contributed by atoms with E-state index in [9.17, 15) is 9.59 Å². The molecule has 0 aliphatic rings. The van der Waals surface area contributed by atoms with Crippen LogP contribution in [0, 0.1) is 13.8 Å². The normalized spacial score (nSPS) is 10.6. The molecule has 0 saturated heterocycles. The van der Waals surface area contributed by atoms with E-state index in [4.69, 9.17) is 9.15 Å². The molecule has 2 N–H and O–H groups in total. The summed E-state index contributed by atoms with van der Waals surface area (Å²) in [5.41, 5.74) is 4.43. The number of benzene rings is 2. The maximum absolute atomic E-state index is 12.8. The molecule has 0 fully saturated rings. The molecule has 0 spiro atoms. The zero-order valence-corrected chi connectivity index (χ0v) is 18.6. The van der Waals surface area contributed by atoms with Crippen LogP contribution < -0.4 is 15.4 Å². The zero-order valence-electron chi connectivity index (χ0n) is 17.8. The van der Waals surface area contributed by atoms with E-state index in [1.165, 1.54) is 17.6 Å². The van der Waals surface area contributed by atoms with Gasteiger partial charge in [0.1, 0.15) is 5.75 Å². The molecule has 0 aliphatic heterocycles. The number of hydrogen-bond donors (Lipinski definition) is 2.